The van der Waals surface area contributed by atoms with Crippen LogP contribution in [0.5, 0.6) is 0 Å². The molecule has 4 N–H and O–H groups in total. The van der Waals surface area contributed by atoms with E-state index in [0.29, 0.717) is 0 Å². The molecule has 1 aliphatic heterocycles. The van der Waals surface area contributed by atoms with Crippen molar-refractivity contribution < 1.29 is 65.9 Å². The van der Waals surface area contributed by atoms with Crippen molar-refractivity contribution in [2.24, 2.45) is 21.5 Å². The number of hydrogen-bond acceptors (Lipinski definition) is 5. The lowest BCUT2D eigenvalue weighted by atomic mass is 9.83. The van der Waals surface area contributed by atoms with E-state index in [1.54, 1.807) is 0 Å². The number of guanidine groups is 2. The Bertz CT molecular complexity index is 1140. The van der Waals surface area contributed by atoms with Gasteiger partial charge in [0.2, 0.25) is 11.9 Å². The van der Waals surface area contributed by atoms with Crippen LogP contribution in [0.25, 0.3) is 0 Å². The zero-order valence-electron chi connectivity index (χ0n) is 18.7. The Hall–Kier alpha value is -3.09. The molecule has 2 aliphatic rings. The lowest BCUT2D eigenvalue weighted by Gasteiger charge is -2.47. The van der Waals surface area contributed by atoms with E-state index < -0.39 is 99.7 Å². The molecule has 1 aromatic rings. The van der Waals surface area contributed by atoms with Crippen molar-refractivity contribution in [3.8, 4) is 0 Å². The number of aliphatic imine (C=N–C) groups is 2. The first-order valence-corrected chi connectivity index (χ1v) is 10.4. The van der Waals surface area contributed by atoms with Crippen molar-refractivity contribution in [3.05, 3.63) is 27.8 Å². The highest BCUT2D eigenvalue weighted by atomic mass is 19.4. The van der Waals surface area contributed by atoms with Gasteiger partial charge in [-0.05, 0) is 25.7 Å². The van der Waals surface area contributed by atoms with Crippen LogP contribution in [-0.2, 0) is 30.9 Å². The van der Waals surface area contributed by atoms with Gasteiger partial charge in [0.15, 0.2) is 0 Å². The van der Waals surface area contributed by atoms with Crippen molar-refractivity contribution in [1.29, 1.82) is 0 Å². The molecular weight excluding hydrogens is 583 g/mol. The molecule has 0 amide bonds. The highest BCUT2D eigenvalue weighted by Gasteiger charge is 2.62. The maximum absolute atomic E-state index is 14.2. The van der Waals surface area contributed by atoms with Crippen molar-refractivity contribution in [2.45, 2.75) is 68.6 Å². The topological polar surface area (TPSA) is 80.0 Å². The molecule has 0 aromatic heterocycles. The first-order chi connectivity index (χ1) is 17.3. The van der Waals surface area contributed by atoms with E-state index >= 15 is 0 Å². The third-order valence-corrected chi connectivity index (χ3v) is 5.97. The highest BCUT2D eigenvalue weighted by molar-refractivity contribution is 6.07. The largest absolute Gasteiger partial charge is 0.419 e. The molecule has 1 spiro atoms. The number of alkyl halides is 15. The third-order valence-electron chi connectivity index (χ3n) is 5.97. The molecular formula is C19H14F15N5. The first kappa shape index (κ1) is 30.5. The second-order valence-corrected chi connectivity index (χ2v) is 8.53. The number of anilines is 1. The molecule has 1 fully saturated rings. The van der Waals surface area contributed by atoms with Crippen LogP contribution in [0.15, 0.2) is 9.98 Å². The molecule has 39 heavy (non-hydrogen) atoms. The van der Waals surface area contributed by atoms with Crippen LogP contribution in [0, 0.1) is 0 Å². The zero-order valence-corrected chi connectivity index (χ0v) is 18.7. The standard InChI is InChI=1S/C19H14F15N5/c20-15(21,22)6-7(16(23,24)25)9(18(29,30)31)11(10(19(32,33)34)8(6)17(26,27)28)39-13(36)37-12(35)38-14(39)4-2-1-3-5-14/h1-5H2,(H4,35,36,37,38). The van der Waals surface area contributed by atoms with E-state index in [9.17, 15) is 65.9 Å². The molecule has 5 nitrogen and oxygen atoms in total. The SMILES string of the molecule is NC1=NC2(CCCCC2)N(c2c(C(F)(F)F)c(C(F)(F)F)c(C(F)(F)F)c(C(F)(F)F)c2C(F)(F)F)C(N)=N1. The lowest BCUT2D eigenvalue weighted by molar-refractivity contribution is -0.188. The molecule has 3 rings (SSSR count). The van der Waals surface area contributed by atoms with E-state index in [1.807, 2.05) is 0 Å². The number of nitrogens with two attached hydrogens (primary N) is 2. The van der Waals surface area contributed by atoms with Crippen LogP contribution in [0.3, 0.4) is 0 Å². The smallest absolute Gasteiger partial charge is 0.369 e. The Morgan fingerprint density at radius 1 is 0.538 bits per heavy atom. The number of benzene rings is 1. The molecule has 0 atom stereocenters. The van der Waals surface area contributed by atoms with Gasteiger partial charge in [0.25, 0.3) is 0 Å². The fraction of sp³-hybridized carbons (Fsp3) is 0.579. The van der Waals surface area contributed by atoms with Crippen molar-refractivity contribution >= 4 is 17.6 Å². The minimum absolute atomic E-state index is 0.0812. The van der Waals surface area contributed by atoms with Crippen molar-refractivity contribution in [2.75, 3.05) is 4.90 Å². The molecule has 220 valence electrons. The molecule has 1 heterocycles. The van der Waals surface area contributed by atoms with Crippen LogP contribution < -0.4 is 16.4 Å². The average molecular weight is 597 g/mol. The third kappa shape index (κ3) is 5.37. The summed E-state index contributed by atoms with van der Waals surface area (Å²) in [6, 6.07) is 0. The highest BCUT2D eigenvalue weighted by Crippen LogP contribution is 2.60. The van der Waals surface area contributed by atoms with Crippen molar-refractivity contribution in [3.63, 3.8) is 0 Å². The predicted octanol–water partition coefficient (Wildman–Crippen LogP) is 6.89. The average Bonchev–Trinajstić information content (AvgIpc) is 2.68. The van der Waals surface area contributed by atoms with Gasteiger partial charge < -0.3 is 11.5 Å². The Kier molecular flexibility index (Phi) is 7.00. The molecule has 0 saturated heterocycles. The summed E-state index contributed by atoms with van der Waals surface area (Å²) in [4.78, 5) is 6.28. The Morgan fingerprint density at radius 3 is 1.21 bits per heavy atom. The molecule has 0 unspecified atom stereocenters. The first-order valence-electron chi connectivity index (χ1n) is 10.4. The molecule has 1 aromatic carbocycles. The van der Waals surface area contributed by atoms with Crippen LogP contribution in [0.1, 0.15) is 59.9 Å². The predicted molar refractivity (Wildman–Crippen MR) is 103 cm³/mol. The molecule has 20 heteroatoms. The van der Waals surface area contributed by atoms with Crippen LogP contribution in [-0.4, -0.2) is 17.6 Å². The monoisotopic (exact) mass is 597 g/mol. The lowest BCUT2D eigenvalue weighted by Crippen LogP contribution is -2.59. The summed E-state index contributed by atoms with van der Waals surface area (Å²) in [5, 5.41) is 0. The van der Waals surface area contributed by atoms with Gasteiger partial charge in [-0.15, -0.1) is 0 Å². The maximum atomic E-state index is 14.2. The fourth-order valence-electron chi connectivity index (χ4n) is 4.81. The van der Waals surface area contributed by atoms with E-state index in [2.05, 4.69) is 9.98 Å². The number of halogens is 15. The summed E-state index contributed by atoms with van der Waals surface area (Å²) >= 11 is 0. The van der Waals surface area contributed by atoms with Gasteiger partial charge in [-0.3, -0.25) is 4.90 Å². The van der Waals surface area contributed by atoms with Gasteiger partial charge in [0.05, 0.1) is 33.5 Å². The van der Waals surface area contributed by atoms with Crippen LogP contribution in [0.4, 0.5) is 71.5 Å². The van der Waals surface area contributed by atoms with Gasteiger partial charge in [0.1, 0.15) is 5.66 Å². The summed E-state index contributed by atoms with van der Waals surface area (Å²) in [5.41, 5.74) is -14.3. The summed E-state index contributed by atoms with van der Waals surface area (Å²) in [6.07, 6.45) is -35.4. The minimum atomic E-state index is -7.00. The zero-order chi connectivity index (χ0) is 30.1. The number of hydrogen-bond donors (Lipinski definition) is 2. The van der Waals surface area contributed by atoms with E-state index in [-0.39, 0.29) is 19.3 Å². The molecule has 0 bridgehead atoms. The number of nitrogens with zero attached hydrogens (tertiary/aromatic N) is 3. The Labute approximate surface area is 207 Å². The summed E-state index contributed by atoms with van der Waals surface area (Å²) in [7, 11) is 0. The summed E-state index contributed by atoms with van der Waals surface area (Å²) in [6.45, 7) is 0. The summed E-state index contributed by atoms with van der Waals surface area (Å²) < 4.78 is 210. The molecule has 1 aliphatic carbocycles. The fourth-order valence-corrected chi connectivity index (χ4v) is 4.81. The van der Waals surface area contributed by atoms with Crippen LogP contribution >= 0.6 is 0 Å². The second kappa shape index (κ2) is 8.97. The van der Waals surface area contributed by atoms with Gasteiger partial charge in [-0.1, -0.05) is 6.42 Å². The van der Waals surface area contributed by atoms with Crippen LogP contribution in [0.2, 0.25) is 0 Å². The van der Waals surface area contributed by atoms with Gasteiger partial charge in [-0.2, -0.15) is 70.8 Å². The molecule has 1 saturated carbocycles. The second-order valence-electron chi connectivity index (χ2n) is 8.53. The van der Waals surface area contributed by atoms with E-state index in [0.717, 1.165) is 0 Å². The van der Waals surface area contributed by atoms with E-state index in [4.69, 9.17) is 11.5 Å². The Balaban J connectivity index is 2.81. The van der Waals surface area contributed by atoms with Crippen molar-refractivity contribution in [1.82, 2.24) is 0 Å². The number of rotatable bonds is 1. The maximum Gasteiger partial charge on any atom is 0.419 e. The van der Waals surface area contributed by atoms with Gasteiger partial charge in [-0.25, -0.2) is 4.99 Å². The minimum Gasteiger partial charge on any atom is -0.369 e. The van der Waals surface area contributed by atoms with Gasteiger partial charge in [0, 0.05) is 0 Å². The Morgan fingerprint density at radius 2 is 0.872 bits per heavy atom. The van der Waals surface area contributed by atoms with E-state index in [1.165, 1.54) is 0 Å². The normalized spacial score (nSPS) is 19.3. The quantitative estimate of drug-likeness (QED) is 0.346. The molecule has 0 radical (unpaired) electrons. The van der Waals surface area contributed by atoms with Gasteiger partial charge >= 0.3 is 30.9 Å². The summed E-state index contributed by atoms with van der Waals surface area (Å²) in [5.74, 6) is -2.42.